The molecule has 0 aliphatic carbocycles. The highest BCUT2D eigenvalue weighted by Crippen LogP contribution is 2.35. The fourth-order valence-electron chi connectivity index (χ4n) is 3.77. The van der Waals surface area contributed by atoms with Crippen LogP contribution in [0, 0.1) is 0 Å². The third kappa shape index (κ3) is 4.28. The van der Waals surface area contributed by atoms with Crippen LogP contribution in [0.5, 0.6) is 5.75 Å². The number of nitrogens with zero attached hydrogens (tertiary/aromatic N) is 1. The maximum absolute atomic E-state index is 13.2. The molecule has 0 saturated carbocycles. The molecule has 1 saturated heterocycles. The molecule has 0 bridgehead atoms. The maximum atomic E-state index is 13.2. The van der Waals surface area contributed by atoms with Crippen molar-refractivity contribution in [2.24, 2.45) is 0 Å². The highest BCUT2D eigenvalue weighted by Gasteiger charge is 2.42. The first kappa shape index (κ1) is 19.7. The molecule has 1 fully saturated rings. The van der Waals surface area contributed by atoms with Crippen LogP contribution >= 0.6 is 11.6 Å². The summed E-state index contributed by atoms with van der Waals surface area (Å²) >= 11 is 5.92. The fraction of sp³-hybridized carbons (Fsp3) is 0.409. The van der Waals surface area contributed by atoms with Gasteiger partial charge in [-0.05, 0) is 56.5 Å². The van der Waals surface area contributed by atoms with Crippen LogP contribution < -0.4 is 4.74 Å². The van der Waals surface area contributed by atoms with Gasteiger partial charge in [0.05, 0.1) is 6.61 Å². The van der Waals surface area contributed by atoms with E-state index >= 15 is 0 Å². The lowest BCUT2D eigenvalue weighted by molar-refractivity contribution is -0.148. The summed E-state index contributed by atoms with van der Waals surface area (Å²) in [5, 5.41) is 10.8. The Morgan fingerprint density at radius 3 is 2.48 bits per heavy atom. The molecule has 2 aromatic rings. The molecule has 2 aromatic carbocycles. The largest absolute Gasteiger partial charge is 0.478 e. The van der Waals surface area contributed by atoms with Gasteiger partial charge in [-0.25, -0.2) is 0 Å². The monoisotopic (exact) mass is 387 g/mol. The summed E-state index contributed by atoms with van der Waals surface area (Å²) in [5.41, 5.74) is -0.365. The minimum absolute atomic E-state index is 0.0132. The minimum atomic E-state index is -1.01. The fourth-order valence-corrected chi connectivity index (χ4v) is 3.90. The topological polar surface area (TPSA) is 49.8 Å². The summed E-state index contributed by atoms with van der Waals surface area (Å²) in [4.78, 5) is 15.0. The van der Waals surface area contributed by atoms with E-state index in [2.05, 4.69) is 0 Å². The normalized spacial score (nSPS) is 20.4. The second-order valence-electron chi connectivity index (χ2n) is 7.70. The Bertz CT molecular complexity index is 776. The number of carbonyl (C=O) groups is 1. The molecule has 0 spiro atoms. The van der Waals surface area contributed by atoms with Crippen LogP contribution in [0.15, 0.2) is 54.6 Å². The van der Waals surface area contributed by atoms with E-state index in [0.29, 0.717) is 23.9 Å². The highest BCUT2D eigenvalue weighted by atomic mass is 35.5. The zero-order valence-corrected chi connectivity index (χ0v) is 16.6. The van der Waals surface area contributed by atoms with Crippen molar-refractivity contribution in [2.45, 2.75) is 37.7 Å². The molecule has 0 aromatic heterocycles. The number of carbonyl (C=O) groups excluding carboxylic acids is 1. The Morgan fingerprint density at radius 2 is 1.85 bits per heavy atom. The van der Waals surface area contributed by atoms with Gasteiger partial charge in [0.1, 0.15) is 5.75 Å². The Morgan fingerprint density at radius 1 is 1.19 bits per heavy atom. The number of rotatable bonds is 5. The van der Waals surface area contributed by atoms with Crippen LogP contribution in [0.1, 0.15) is 32.3 Å². The first-order valence-electron chi connectivity index (χ1n) is 9.27. The summed E-state index contributed by atoms with van der Waals surface area (Å²) in [7, 11) is 0. The average Bonchev–Trinajstić information content (AvgIpc) is 2.69. The maximum Gasteiger partial charge on any atom is 0.266 e. The second kappa shape index (κ2) is 7.91. The van der Waals surface area contributed by atoms with Crippen molar-refractivity contribution in [3.05, 3.63) is 65.2 Å². The van der Waals surface area contributed by atoms with Crippen molar-refractivity contribution in [1.29, 1.82) is 0 Å². The van der Waals surface area contributed by atoms with Gasteiger partial charge in [-0.2, -0.15) is 0 Å². The van der Waals surface area contributed by atoms with E-state index in [0.717, 1.165) is 18.4 Å². The highest BCUT2D eigenvalue weighted by molar-refractivity contribution is 6.30. The molecular formula is C22H26ClNO3. The number of likely N-dealkylation sites (tertiary alicyclic amines) is 1. The third-order valence-corrected chi connectivity index (χ3v) is 5.51. The Labute approximate surface area is 165 Å². The molecule has 3 rings (SSSR count). The van der Waals surface area contributed by atoms with Crippen molar-refractivity contribution >= 4 is 17.5 Å². The first-order valence-corrected chi connectivity index (χ1v) is 9.64. The quantitative estimate of drug-likeness (QED) is 0.841. The molecule has 1 amide bonds. The second-order valence-corrected chi connectivity index (χ2v) is 8.14. The van der Waals surface area contributed by atoms with Crippen molar-refractivity contribution in [2.75, 3.05) is 19.7 Å². The Balaban J connectivity index is 1.78. The van der Waals surface area contributed by atoms with Crippen LogP contribution in [-0.2, 0) is 10.2 Å². The standard InChI is InChI=1S/C22H26ClNO3/c1-21(2,27-19-11-9-18(23)10-12-19)20(26)24-14-6-13-22(15-24,16-25)17-7-4-3-5-8-17/h3-5,7-12,25H,6,13-16H2,1-2H3. The molecule has 4 nitrogen and oxygen atoms in total. The number of halogens is 1. The van der Waals surface area contributed by atoms with E-state index in [-0.39, 0.29) is 12.5 Å². The van der Waals surface area contributed by atoms with Crippen LogP contribution in [0.3, 0.4) is 0 Å². The molecule has 1 N–H and O–H groups in total. The number of ether oxygens (including phenoxy) is 1. The van der Waals surface area contributed by atoms with Gasteiger partial charge in [-0.15, -0.1) is 0 Å². The molecular weight excluding hydrogens is 362 g/mol. The number of aliphatic hydroxyl groups is 1. The molecule has 0 radical (unpaired) electrons. The average molecular weight is 388 g/mol. The van der Waals surface area contributed by atoms with Gasteiger partial charge < -0.3 is 14.7 Å². The molecule has 144 valence electrons. The zero-order chi connectivity index (χ0) is 19.5. The third-order valence-electron chi connectivity index (χ3n) is 5.25. The lowest BCUT2D eigenvalue weighted by atomic mass is 9.74. The van der Waals surface area contributed by atoms with Gasteiger partial charge >= 0.3 is 0 Å². The number of hydrogen-bond acceptors (Lipinski definition) is 3. The molecule has 27 heavy (non-hydrogen) atoms. The van der Waals surface area contributed by atoms with Gasteiger partial charge in [0.15, 0.2) is 5.60 Å². The van der Waals surface area contributed by atoms with E-state index < -0.39 is 11.0 Å². The minimum Gasteiger partial charge on any atom is -0.478 e. The van der Waals surface area contributed by atoms with E-state index in [1.165, 1.54) is 0 Å². The lowest BCUT2D eigenvalue weighted by Gasteiger charge is -2.44. The van der Waals surface area contributed by atoms with Crippen molar-refractivity contribution in [1.82, 2.24) is 4.90 Å². The van der Waals surface area contributed by atoms with Gasteiger partial charge in [-0.3, -0.25) is 4.79 Å². The van der Waals surface area contributed by atoms with Gasteiger partial charge in [0.25, 0.3) is 5.91 Å². The van der Waals surface area contributed by atoms with Crippen LogP contribution in [-0.4, -0.2) is 41.2 Å². The molecule has 1 aliphatic rings. The van der Waals surface area contributed by atoms with Crippen LogP contribution in [0.2, 0.25) is 5.02 Å². The van der Waals surface area contributed by atoms with Crippen molar-refractivity contribution < 1.29 is 14.6 Å². The number of piperidine rings is 1. The summed E-state index contributed by atoms with van der Waals surface area (Å²) in [6.45, 7) is 4.73. The van der Waals surface area contributed by atoms with Crippen LogP contribution in [0.25, 0.3) is 0 Å². The van der Waals surface area contributed by atoms with Gasteiger partial charge in [0, 0.05) is 23.5 Å². The zero-order valence-electron chi connectivity index (χ0n) is 15.8. The summed E-state index contributed by atoms with van der Waals surface area (Å²) < 4.78 is 5.97. The van der Waals surface area contributed by atoms with E-state index in [9.17, 15) is 9.90 Å². The van der Waals surface area contributed by atoms with E-state index in [1.807, 2.05) is 35.2 Å². The van der Waals surface area contributed by atoms with Crippen LogP contribution in [0.4, 0.5) is 0 Å². The van der Waals surface area contributed by atoms with E-state index in [4.69, 9.17) is 16.3 Å². The number of aliphatic hydroxyl groups excluding tert-OH is 1. The predicted molar refractivity (Wildman–Crippen MR) is 107 cm³/mol. The summed E-state index contributed by atoms with van der Waals surface area (Å²) in [5.74, 6) is 0.525. The Hall–Kier alpha value is -2.04. The lowest BCUT2D eigenvalue weighted by Crippen LogP contribution is -2.56. The number of benzene rings is 2. The molecule has 1 aliphatic heterocycles. The van der Waals surface area contributed by atoms with Gasteiger partial charge in [0.2, 0.25) is 0 Å². The molecule has 5 heteroatoms. The van der Waals surface area contributed by atoms with Crippen molar-refractivity contribution in [3.8, 4) is 5.75 Å². The molecule has 1 heterocycles. The Kier molecular flexibility index (Phi) is 5.78. The summed E-state index contributed by atoms with van der Waals surface area (Å²) in [6.07, 6.45) is 1.70. The predicted octanol–water partition coefficient (Wildman–Crippen LogP) is 4.05. The SMILES string of the molecule is CC(C)(Oc1ccc(Cl)cc1)C(=O)N1CCCC(CO)(c2ccccc2)C1. The number of amides is 1. The smallest absolute Gasteiger partial charge is 0.266 e. The van der Waals surface area contributed by atoms with Crippen molar-refractivity contribution in [3.63, 3.8) is 0 Å². The summed E-state index contributed by atoms with van der Waals surface area (Å²) in [6, 6.07) is 17.0. The molecule has 1 atom stereocenters. The number of hydrogen-bond donors (Lipinski definition) is 1. The van der Waals surface area contributed by atoms with E-state index in [1.54, 1.807) is 38.1 Å². The molecule has 1 unspecified atom stereocenters. The van der Waals surface area contributed by atoms with Gasteiger partial charge in [-0.1, -0.05) is 41.9 Å². The first-order chi connectivity index (χ1) is 12.9.